The van der Waals surface area contributed by atoms with Gasteiger partial charge in [-0.2, -0.15) is 0 Å². The van der Waals surface area contributed by atoms with E-state index in [1.165, 1.54) is 51.0 Å². The van der Waals surface area contributed by atoms with Crippen molar-refractivity contribution in [3.05, 3.63) is 35.1 Å². The third kappa shape index (κ3) is 5.26. The molecule has 0 N–H and O–H groups in total. The van der Waals surface area contributed by atoms with Crippen molar-refractivity contribution in [3.8, 4) is 0 Å². The van der Waals surface area contributed by atoms with Crippen LogP contribution in [0.4, 0.5) is 13.2 Å². The van der Waals surface area contributed by atoms with Crippen molar-refractivity contribution in [2.75, 3.05) is 0 Å². The van der Waals surface area contributed by atoms with E-state index in [-0.39, 0.29) is 5.92 Å². The number of halogens is 3. The van der Waals surface area contributed by atoms with Gasteiger partial charge in [0.15, 0.2) is 17.5 Å². The Morgan fingerprint density at radius 2 is 1.48 bits per heavy atom. The zero-order valence-electron chi connectivity index (χ0n) is 14.2. The van der Waals surface area contributed by atoms with Crippen LogP contribution in [0.25, 0.3) is 0 Å². The maximum atomic E-state index is 13.9. The first-order valence-electron chi connectivity index (χ1n) is 9.26. The molecule has 1 aromatic carbocycles. The Kier molecular flexibility index (Phi) is 7.45. The highest BCUT2D eigenvalue weighted by atomic mass is 19.2. The van der Waals surface area contributed by atoms with E-state index in [4.69, 9.17) is 0 Å². The molecule has 0 aliphatic heterocycles. The highest BCUT2D eigenvalue weighted by Crippen LogP contribution is 2.39. The predicted molar refractivity (Wildman–Crippen MR) is 89.0 cm³/mol. The van der Waals surface area contributed by atoms with Gasteiger partial charge in [0, 0.05) is 0 Å². The summed E-state index contributed by atoms with van der Waals surface area (Å²) in [5.74, 6) is -2.62. The molecular weight excluding hydrogens is 297 g/mol. The molecule has 0 nitrogen and oxygen atoms in total. The van der Waals surface area contributed by atoms with Gasteiger partial charge < -0.3 is 0 Å². The van der Waals surface area contributed by atoms with Gasteiger partial charge in [-0.05, 0) is 49.1 Å². The summed E-state index contributed by atoms with van der Waals surface area (Å²) in [7, 11) is 0. The molecule has 0 spiro atoms. The molecule has 1 saturated carbocycles. The zero-order valence-corrected chi connectivity index (χ0v) is 14.2. The van der Waals surface area contributed by atoms with Crippen LogP contribution in [0, 0.1) is 23.4 Å². The molecule has 23 heavy (non-hydrogen) atoms. The van der Waals surface area contributed by atoms with Gasteiger partial charge in [-0.15, -0.1) is 0 Å². The van der Waals surface area contributed by atoms with Gasteiger partial charge in [0.25, 0.3) is 0 Å². The Labute approximate surface area is 138 Å². The molecule has 3 heteroatoms. The Morgan fingerprint density at radius 1 is 0.826 bits per heavy atom. The lowest BCUT2D eigenvalue weighted by molar-refractivity contribution is 0.296. The smallest absolute Gasteiger partial charge is 0.194 e. The fourth-order valence-electron chi connectivity index (χ4n) is 3.83. The average Bonchev–Trinajstić information content (AvgIpc) is 2.57. The first-order chi connectivity index (χ1) is 11.1. The molecule has 0 saturated heterocycles. The first kappa shape index (κ1) is 18.4. The summed E-state index contributed by atoms with van der Waals surface area (Å²) < 4.78 is 40.3. The van der Waals surface area contributed by atoms with Crippen LogP contribution in [-0.4, -0.2) is 0 Å². The molecule has 0 heterocycles. The SMILES string of the molecule is CCCCCCCCC1CCC(c2ccc(F)c(F)c2F)CC1. The minimum Gasteiger partial charge on any atom is -0.204 e. The highest BCUT2D eigenvalue weighted by Gasteiger charge is 2.26. The van der Waals surface area contributed by atoms with E-state index in [0.717, 1.165) is 37.7 Å². The van der Waals surface area contributed by atoms with Crippen molar-refractivity contribution in [1.29, 1.82) is 0 Å². The summed E-state index contributed by atoms with van der Waals surface area (Å²) >= 11 is 0. The van der Waals surface area contributed by atoms with Crippen LogP contribution in [0.3, 0.4) is 0 Å². The molecule has 0 aromatic heterocycles. The second kappa shape index (κ2) is 9.34. The number of rotatable bonds is 8. The summed E-state index contributed by atoms with van der Waals surface area (Å²) in [4.78, 5) is 0. The molecular formula is C20H29F3. The van der Waals surface area contributed by atoms with Gasteiger partial charge in [-0.25, -0.2) is 13.2 Å². The van der Waals surface area contributed by atoms with Crippen LogP contribution in [0.15, 0.2) is 12.1 Å². The summed E-state index contributed by atoms with van der Waals surface area (Å²) in [5, 5.41) is 0. The van der Waals surface area contributed by atoms with E-state index in [2.05, 4.69) is 6.92 Å². The molecule has 1 aliphatic rings. The van der Waals surface area contributed by atoms with E-state index in [9.17, 15) is 13.2 Å². The zero-order chi connectivity index (χ0) is 16.7. The van der Waals surface area contributed by atoms with E-state index < -0.39 is 17.5 Å². The second-order valence-corrected chi connectivity index (χ2v) is 7.04. The van der Waals surface area contributed by atoms with Crippen LogP contribution < -0.4 is 0 Å². The molecule has 0 unspecified atom stereocenters. The molecule has 1 aliphatic carbocycles. The number of hydrogen-bond donors (Lipinski definition) is 0. The lowest BCUT2D eigenvalue weighted by atomic mass is 9.77. The van der Waals surface area contributed by atoms with Crippen LogP contribution >= 0.6 is 0 Å². The maximum Gasteiger partial charge on any atom is 0.194 e. The van der Waals surface area contributed by atoms with Gasteiger partial charge in [-0.3, -0.25) is 0 Å². The standard InChI is InChI=1S/C20H29F3/c1-2-3-4-5-6-7-8-15-9-11-16(12-10-15)17-13-14-18(21)20(23)19(17)22/h13-16H,2-12H2,1H3. The van der Waals surface area contributed by atoms with Crippen LogP contribution in [0.1, 0.15) is 89.0 Å². The summed E-state index contributed by atoms with van der Waals surface area (Å²) in [5.41, 5.74) is 0.363. The first-order valence-corrected chi connectivity index (χ1v) is 9.26. The number of benzene rings is 1. The summed E-state index contributed by atoms with van der Waals surface area (Å²) in [6, 6.07) is 2.47. The van der Waals surface area contributed by atoms with Crippen LogP contribution in [0.5, 0.6) is 0 Å². The van der Waals surface area contributed by atoms with Gasteiger partial charge in [0.2, 0.25) is 0 Å². The Balaban J connectivity index is 1.73. The third-order valence-electron chi connectivity index (χ3n) is 5.32. The minimum atomic E-state index is -1.32. The lowest BCUT2D eigenvalue weighted by Crippen LogP contribution is -2.15. The van der Waals surface area contributed by atoms with E-state index >= 15 is 0 Å². The largest absolute Gasteiger partial charge is 0.204 e. The molecule has 1 aromatic rings. The van der Waals surface area contributed by atoms with Crippen molar-refractivity contribution in [2.45, 2.75) is 83.5 Å². The summed E-state index contributed by atoms with van der Waals surface area (Å²) in [6.45, 7) is 2.23. The Morgan fingerprint density at radius 3 is 2.17 bits per heavy atom. The van der Waals surface area contributed by atoms with Crippen molar-refractivity contribution in [3.63, 3.8) is 0 Å². The Bertz CT molecular complexity index is 476. The monoisotopic (exact) mass is 326 g/mol. The normalized spacial score (nSPS) is 21.6. The van der Waals surface area contributed by atoms with Crippen LogP contribution in [-0.2, 0) is 0 Å². The fraction of sp³-hybridized carbons (Fsp3) is 0.700. The molecule has 0 radical (unpaired) electrons. The molecule has 0 atom stereocenters. The van der Waals surface area contributed by atoms with E-state index in [1.807, 2.05) is 0 Å². The van der Waals surface area contributed by atoms with Gasteiger partial charge in [0.1, 0.15) is 0 Å². The molecule has 0 bridgehead atoms. The predicted octanol–water partition coefficient (Wildman–Crippen LogP) is 7.13. The van der Waals surface area contributed by atoms with Crippen LogP contribution in [0.2, 0.25) is 0 Å². The third-order valence-corrected chi connectivity index (χ3v) is 5.32. The maximum absolute atomic E-state index is 13.9. The average molecular weight is 326 g/mol. The van der Waals surface area contributed by atoms with Gasteiger partial charge >= 0.3 is 0 Å². The number of unbranched alkanes of at least 4 members (excludes halogenated alkanes) is 5. The topological polar surface area (TPSA) is 0 Å². The fourth-order valence-corrected chi connectivity index (χ4v) is 3.83. The Hall–Kier alpha value is -0.990. The minimum absolute atomic E-state index is 0.0471. The highest BCUT2D eigenvalue weighted by molar-refractivity contribution is 5.24. The summed E-state index contributed by atoms with van der Waals surface area (Å²) in [6.07, 6.45) is 13.1. The van der Waals surface area contributed by atoms with E-state index in [1.54, 1.807) is 0 Å². The van der Waals surface area contributed by atoms with E-state index in [0.29, 0.717) is 5.56 Å². The molecule has 1 fully saturated rings. The molecule has 2 rings (SSSR count). The van der Waals surface area contributed by atoms with Crippen molar-refractivity contribution < 1.29 is 13.2 Å². The molecule has 130 valence electrons. The van der Waals surface area contributed by atoms with Crippen molar-refractivity contribution in [1.82, 2.24) is 0 Å². The second-order valence-electron chi connectivity index (χ2n) is 7.04. The van der Waals surface area contributed by atoms with Gasteiger partial charge in [-0.1, -0.05) is 57.9 Å². The van der Waals surface area contributed by atoms with Gasteiger partial charge in [0.05, 0.1) is 0 Å². The molecule has 0 amide bonds. The quantitative estimate of drug-likeness (QED) is 0.352. The van der Waals surface area contributed by atoms with Crippen molar-refractivity contribution >= 4 is 0 Å². The van der Waals surface area contributed by atoms with Crippen molar-refractivity contribution in [2.24, 2.45) is 5.92 Å². The number of hydrogen-bond acceptors (Lipinski definition) is 0. The lowest BCUT2D eigenvalue weighted by Gasteiger charge is -2.29.